The maximum absolute atomic E-state index is 6.42. The van der Waals surface area contributed by atoms with Gasteiger partial charge >= 0.3 is 0 Å². The standard InChI is InChI=1S/C60H43N3O/c1-61-55(42-15-4-2-5-16-42)38-56(43-17-6-3-7-18-43)62-39-40-27-32-45(33-28-40)64-46-34-29-41(30-35-46)44-31-36-48-47-19-8-10-22-51(47)60(54(48)37-44)52-23-11-13-26-58(52)63-57-25-12-9-20-49(57)50-21-14-24-53(60)59(50)63/h2-38,62H,39H2,1H3. The average Bonchev–Trinajstić information content (AvgIpc) is 3.86. The van der Waals surface area contributed by atoms with E-state index >= 15 is 0 Å². The Morgan fingerprint density at radius 2 is 1.14 bits per heavy atom. The molecule has 4 nitrogen and oxygen atoms in total. The van der Waals surface area contributed by atoms with Crippen molar-refractivity contribution in [2.75, 3.05) is 7.05 Å². The molecule has 0 radical (unpaired) electrons. The van der Waals surface area contributed by atoms with Crippen molar-refractivity contribution in [1.82, 2.24) is 9.88 Å². The maximum atomic E-state index is 6.42. The third-order valence-corrected chi connectivity index (χ3v) is 13.2. The molecule has 1 spiro atoms. The lowest BCUT2D eigenvalue weighted by Crippen LogP contribution is -2.33. The third-order valence-electron chi connectivity index (χ3n) is 13.2. The molecule has 1 N–H and O–H groups in total. The van der Waals surface area contributed by atoms with Crippen molar-refractivity contribution < 1.29 is 4.74 Å². The first-order chi connectivity index (χ1) is 31.7. The van der Waals surface area contributed by atoms with E-state index in [9.17, 15) is 0 Å². The van der Waals surface area contributed by atoms with Gasteiger partial charge in [0.1, 0.15) is 11.5 Å². The van der Waals surface area contributed by atoms with E-state index in [0.29, 0.717) is 6.54 Å². The first-order valence-corrected chi connectivity index (χ1v) is 22.0. The van der Waals surface area contributed by atoms with Crippen LogP contribution in [0.3, 0.4) is 0 Å². The Morgan fingerprint density at radius 3 is 1.92 bits per heavy atom. The summed E-state index contributed by atoms with van der Waals surface area (Å²) in [5.41, 5.74) is 18.7. The zero-order valence-corrected chi connectivity index (χ0v) is 35.4. The van der Waals surface area contributed by atoms with E-state index in [0.717, 1.165) is 45.2 Å². The first kappa shape index (κ1) is 37.5. The fraction of sp³-hybridized carbons (Fsp3) is 0.0500. The lowest BCUT2D eigenvalue weighted by Gasteiger charge is -2.39. The molecule has 2 aliphatic rings. The Morgan fingerprint density at radius 1 is 0.531 bits per heavy atom. The van der Waals surface area contributed by atoms with Gasteiger partial charge in [-0.15, -0.1) is 0 Å². The number of hydrogen-bond donors (Lipinski definition) is 1. The van der Waals surface area contributed by atoms with Gasteiger partial charge in [0.15, 0.2) is 0 Å². The van der Waals surface area contributed by atoms with E-state index in [2.05, 4.69) is 203 Å². The van der Waals surface area contributed by atoms with Crippen LogP contribution >= 0.6 is 0 Å². The largest absolute Gasteiger partial charge is 0.457 e. The number of aromatic nitrogens is 1. The van der Waals surface area contributed by atoms with Gasteiger partial charge in [0.2, 0.25) is 0 Å². The number of nitrogens with zero attached hydrogens (tertiary/aromatic N) is 2. The van der Waals surface area contributed by atoms with Crippen LogP contribution in [0, 0.1) is 0 Å². The highest BCUT2D eigenvalue weighted by Gasteiger charge is 2.50. The van der Waals surface area contributed by atoms with Crippen molar-refractivity contribution in [1.29, 1.82) is 0 Å². The van der Waals surface area contributed by atoms with Crippen LogP contribution in [0.5, 0.6) is 11.5 Å². The first-order valence-electron chi connectivity index (χ1n) is 22.0. The number of ether oxygens (including phenoxy) is 1. The van der Waals surface area contributed by atoms with E-state index in [-0.39, 0.29) is 0 Å². The summed E-state index contributed by atoms with van der Waals surface area (Å²) in [5, 5.41) is 6.24. The molecule has 0 amide bonds. The summed E-state index contributed by atoms with van der Waals surface area (Å²) in [6.45, 7) is 0.652. The zero-order valence-electron chi connectivity index (χ0n) is 35.4. The maximum Gasteiger partial charge on any atom is 0.127 e. The summed E-state index contributed by atoms with van der Waals surface area (Å²) in [6, 6.07) is 78.4. The van der Waals surface area contributed by atoms with Gasteiger partial charge < -0.3 is 14.6 Å². The van der Waals surface area contributed by atoms with Crippen molar-refractivity contribution in [2.45, 2.75) is 12.0 Å². The number of aliphatic imine (C=N–C) groups is 1. The number of rotatable bonds is 9. The molecule has 1 unspecified atom stereocenters. The minimum Gasteiger partial charge on any atom is -0.457 e. The monoisotopic (exact) mass is 821 g/mol. The Labute approximate surface area is 373 Å². The van der Waals surface area contributed by atoms with Gasteiger partial charge in [-0.05, 0) is 110 Å². The van der Waals surface area contributed by atoms with Crippen molar-refractivity contribution in [2.24, 2.45) is 4.99 Å². The van der Waals surface area contributed by atoms with Crippen molar-refractivity contribution >= 4 is 33.2 Å². The second-order valence-electron chi connectivity index (χ2n) is 16.7. The third kappa shape index (κ3) is 5.95. The molecule has 1 aliphatic carbocycles. The predicted molar refractivity (Wildman–Crippen MR) is 264 cm³/mol. The van der Waals surface area contributed by atoms with Gasteiger partial charge in [0.25, 0.3) is 0 Å². The molecule has 4 heteroatoms. The van der Waals surface area contributed by atoms with Gasteiger partial charge in [-0.3, -0.25) is 4.99 Å². The Balaban J connectivity index is 0.841. The molecule has 2 heterocycles. The summed E-state index contributed by atoms with van der Waals surface area (Å²) in [5.74, 6) is 1.58. The van der Waals surface area contributed by atoms with Crippen LogP contribution in [-0.2, 0) is 12.0 Å². The quantitative estimate of drug-likeness (QED) is 0.147. The Bertz CT molecular complexity index is 3450. The molecule has 9 aromatic carbocycles. The highest BCUT2D eigenvalue weighted by molar-refractivity contribution is 6.13. The number of para-hydroxylation sites is 3. The number of fused-ring (bicyclic) bond motifs is 12. The van der Waals surface area contributed by atoms with Crippen LogP contribution in [0.4, 0.5) is 0 Å². The fourth-order valence-electron chi connectivity index (χ4n) is 10.3. The van der Waals surface area contributed by atoms with Gasteiger partial charge in [0, 0.05) is 30.1 Å². The van der Waals surface area contributed by atoms with E-state index in [1.165, 1.54) is 66.4 Å². The normalized spacial score (nSPS) is 15.0. The molecule has 1 aromatic heterocycles. The second-order valence-corrected chi connectivity index (χ2v) is 16.7. The zero-order chi connectivity index (χ0) is 42.6. The van der Waals surface area contributed by atoms with E-state index < -0.39 is 5.41 Å². The number of nitrogens with one attached hydrogen (secondary N) is 1. The number of allylic oxidation sites excluding steroid dienone is 1. The van der Waals surface area contributed by atoms with Gasteiger partial charge in [-0.2, -0.15) is 0 Å². The SMILES string of the molecule is CN=C(C=C(NCc1ccc(Oc2ccc(-c3ccc4c(c3)C3(c5ccccc5-4)c4ccccc4-n4c5ccccc5c5cccc3c54)cc2)cc1)c1ccccc1)c1ccccc1. The number of hydrogen-bond acceptors (Lipinski definition) is 3. The Hall–Kier alpha value is -8.21. The molecule has 304 valence electrons. The highest BCUT2D eigenvalue weighted by Crippen LogP contribution is 2.61. The van der Waals surface area contributed by atoms with Gasteiger partial charge in [0.05, 0.1) is 27.8 Å². The molecule has 10 aromatic rings. The minimum absolute atomic E-state index is 0.485. The minimum atomic E-state index is -0.485. The molecule has 0 saturated carbocycles. The molecular formula is C60H43N3O. The topological polar surface area (TPSA) is 38.6 Å². The van der Waals surface area contributed by atoms with Crippen LogP contribution in [0.15, 0.2) is 229 Å². The average molecular weight is 822 g/mol. The van der Waals surface area contributed by atoms with E-state index in [4.69, 9.17) is 4.74 Å². The van der Waals surface area contributed by atoms with Gasteiger partial charge in [-0.25, -0.2) is 0 Å². The number of benzene rings is 9. The smallest absolute Gasteiger partial charge is 0.127 e. The molecule has 0 bridgehead atoms. The molecule has 0 saturated heterocycles. The summed E-state index contributed by atoms with van der Waals surface area (Å²) >= 11 is 0. The predicted octanol–water partition coefficient (Wildman–Crippen LogP) is 14.2. The lowest BCUT2D eigenvalue weighted by molar-refractivity contribution is 0.482. The van der Waals surface area contributed by atoms with Crippen molar-refractivity contribution in [3.63, 3.8) is 0 Å². The van der Waals surface area contributed by atoms with E-state index in [1.807, 2.05) is 43.4 Å². The molecular weight excluding hydrogens is 779 g/mol. The fourth-order valence-corrected chi connectivity index (χ4v) is 10.3. The molecule has 12 rings (SSSR count). The van der Waals surface area contributed by atoms with Crippen LogP contribution in [0.2, 0.25) is 0 Å². The second kappa shape index (κ2) is 15.3. The van der Waals surface area contributed by atoms with E-state index in [1.54, 1.807) is 0 Å². The molecule has 64 heavy (non-hydrogen) atoms. The van der Waals surface area contributed by atoms with Gasteiger partial charge in [-0.1, -0.05) is 176 Å². The van der Waals surface area contributed by atoms with Crippen molar-refractivity contribution in [3.8, 4) is 39.4 Å². The van der Waals surface area contributed by atoms with Crippen LogP contribution in [0.1, 0.15) is 38.9 Å². The summed E-state index contributed by atoms with van der Waals surface area (Å²) in [4.78, 5) is 4.60. The van der Waals surface area contributed by atoms with Crippen molar-refractivity contribution in [3.05, 3.63) is 263 Å². The summed E-state index contributed by atoms with van der Waals surface area (Å²) < 4.78 is 8.92. The van der Waals surface area contributed by atoms with Crippen LogP contribution in [0.25, 0.3) is 55.4 Å². The van der Waals surface area contributed by atoms with Crippen LogP contribution in [-0.4, -0.2) is 17.3 Å². The highest BCUT2D eigenvalue weighted by atomic mass is 16.5. The lowest BCUT2D eigenvalue weighted by atomic mass is 9.65. The van der Waals surface area contributed by atoms with Crippen LogP contribution < -0.4 is 10.1 Å². The molecule has 1 atom stereocenters. The summed E-state index contributed by atoms with van der Waals surface area (Å²) in [7, 11) is 1.84. The summed E-state index contributed by atoms with van der Waals surface area (Å²) in [6.07, 6.45) is 2.13. The molecule has 1 aliphatic heterocycles. The molecule has 0 fully saturated rings. The Kier molecular flexibility index (Phi) is 8.98.